The van der Waals surface area contributed by atoms with Crippen LogP contribution in [0.5, 0.6) is 0 Å². The predicted octanol–water partition coefficient (Wildman–Crippen LogP) is 12.3. The first kappa shape index (κ1) is 58.0. The van der Waals surface area contributed by atoms with Gasteiger partial charge in [-0.2, -0.15) is 0 Å². The van der Waals surface area contributed by atoms with Crippen molar-refractivity contribution in [3.63, 3.8) is 0 Å². The summed E-state index contributed by atoms with van der Waals surface area (Å²) < 4.78 is 17.1. The fourth-order valence-corrected chi connectivity index (χ4v) is 6.21. The topological polar surface area (TPSA) is 102 Å². The lowest BCUT2D eigenvalue weighted by atomic mass is 10.1. The van der Waals surface area contributed by atoms with Crippen LogP contribution in [0.25, 0.3) is 0 Å². The van der Waals surface area contributed by atoms with Crippen LogP contribution >= 0.6 is 0 Å². The molecule has 0 heterocycles. The normalized spacial score (nSPS) is 13.9. The molecule has 0 saturated carbocycles. The highest BCUT2D eigenvalue weighted by atomic mass is 16.6. The van der Waals surface area contributed by atoms with E-state index in [2.05, 4.69) is 123 Å². The minimum absolute atomic E-state index is 0.000906. The maximum Gasteiger partial charge on any atom is 0.306 e. The van der Waals surface area contributed by atoms with Gasteiger partial charge >= 0.3 is 11.9 Å². The van der Waals surface area contributed by atoms with Crippen molar-refractivity contribution in [2.24, 2.45) is 0 Å². The summed E-state index contributed by atoms with van der Waals surface area (Å²) in [6, 6.07) is -0.748. The third-order valence-corrected chi connectivity index (χ3v) is 9.89. The molecule has 8 nitrogen and oxygen atoms in total. The second-order valence-electron chi connectivity index (χ2n) is 16.6. The van der Waals surface area contributed by atoms with Crippen LogP contribution < -0.4 is 5.11 Å². The Balaban J connectivity index is 4.48. The lowest BCUT2D eigenvalue weighted by molar-refractivity contribution is -0.889. The number of ether oxygens (including phenoxy) is 3. The van der Waals surface area contributed by atoms with Crippen LogP contribution in [0.4, 0.5) is 0 Å². The molecule has 62 heavy (non-hydrogen) atoms. The standard InChI is InChI=1S/C54H87NO7/c1-6-8-10-12-14-16-18-20-22-24-25-26-27-29-30-32-34-36-38-40-42-44-52(56)61-49-50(48-60-47-46-51(54(58)59)55(3,4)5)62-53(57)45-43-41-39-37-35-33-31-28-23-21-19-17-15-13-11-9-7-2/h8,10,14,16,20-23,25-26,29-31,33-34,36-37,39,50-51H,6-7,9,11-13,15,17-19,24,27-28,32,35,38,40-49H2,1-5H3/b10-8+,16-14+,22-20+,23-21+,26-25+,30-29+,33-31+,36-34+,39-37+. The van der Waals surface area contributed by atoms with E-state index in [1.54, 1.807) is 21.1 Å². The Morgan fingerprint density at radius 2 is 0.919 bits per heavy atom. The summed E-state index contributed by atoms with van der Waals surface area (Å²) >= 11 is 0. The van der Waals surface area contributed by atoms with Crippen molar-refractivity contribution in [1.82, 2.24) is 0 Å². The molecule has 0 rings (SSSR count). The van der Waals surface area contributed by atoms with Gasteiger partial charge in [-0.15, -0.1) is 0 Å². The number of hydrogen-bond acceptors (Lipinski definition) is 7. The van der Waals surface area contributed by atoms with Crippen molar-refractivity contribution in [2.45, 2.75) is 174 Å². The molecule has 0 bridgehead atoms. The molecule has 0 spiro atoms. The Kier molecular flexibility index (Phi) is 40.8. The zero-order valence-electron chi connectivity index (χ0n) is 39.7. The molecular formula is C54H87NO7. The van der Waals surface area contributed by atoms with Crippen LogP contribution in [-0.4, -0.2) is 75.5 Å². The second-order valence-corrected chi connectivity index (χ2v) is 16.6. The molecule has 0 aromatic heterocycles. The van der Waals surface area contributed by atoms with Crippen molar-refractivity contribution < 1.29 is 38.2 Å². The Labute approximate surface area is 378 Å². The Morgan fingerprint density at radius 1 is 0.500 bits per heavy atom. The first-order valence-electron chi connectivity index (χ1n) is 23.9. The fraction of sp³-hybridized carbons (Fsp3) is 0.611. The monoisotopic (exact) mass is 862 g/mol. The number of hydrogen-bond donors (Lipinski definition) is 0. The van der Waals surface area contributed by atoms with E-state index in [1.807, 2.05) is 0 Å². The molecule has 0 aliphatic rings. The molecule has 0 aliphatic carbocycles. The third kappa shape index (κ3) is 41.3. The molecule has 0 aromatic rings. The van der Waals surface area contributed by atoms with Crippen LogP contribution in [0.1, 0.15) is 162 Å². The van der Waals surface area contributed by atoms with Crippen LogP contribution in [0, 0.1) is 0 Å². The lowest BCUT2D eigenvalue weighted by Gasteiger charge is -2.34. The van der Waals surface area contributed by atoms with Gasteiger partial charge in [0.25, 0.3) is 0 Å². The zero-order valence-corrected chi connectivity index (χ0v) is 39.7. The molecule has 0 aliphatic heterocycles. The summed E-state index contributed by atoms with van der Waals surface area (Å²) in [4.78, 5) is 36.9. The molecule has 2 atom stereocenters. The smallest absolute Gasteiger partial charge is 0.306 e. The van der Waals surface area contributed by atoms with Gasteiger partial charge in [-0.1, -0.05) is 155 Å². The summed E-state index contributed by atoms with van der Waals surface area (Å²) in [5, 5.41) is 11.6. The Hall–Kier alpha value is -4.01. The van der Waals surface area contributed by atoms with E-state index >= 15 is 0 Å². The van der Waals surface area contributed by atoms with Gasteiger partial charge in [-0.3, -0.25) is 9.59 Å². The van der Waals surface area contributed by atoms with Gasteiger partial charge < -0.3 is 28.6 Å². The summed E-state index contributed by atoms with van der Waals surface area (Å²) in [6.07, 6.45) is 59.8. The van der Waals surface area contributed by atoms with Crippen LogP contribution in [0.2, 0.25) is 0 Å². The molecule has 8 heteroatoms. The molecular weight excluding hydrogens is 775 g/mol. The number of carboxylic acids is 1. The lowest BCUT2D eigenvalue weighted by Crippen LogP contribution is -2.55. The average Bonchev–Trinajstić information content (AvgIpc) is 3.23. The Bertz CT molecular complexity index is 1370. The number of likely N-dealkylation sites (N-methyl/N-ethyl adjacent to an activating group) is 1. The number of aliphatic carboxylic acids is 1. The largest absolute Gasteiger partial charge is 0.544 e. The van der Waals surface area contributed by atoms with E-state index in [-0.39, 0.29) is 55.5 Å². The van der Waals surface area contributed by atoms with Crippen LogP contribution in [-0.2, 0) is 28.6 Å². The maximum absolute atomic E-state index is 12.7. The SMILES string of the molecule is CC/C=C/C/C=C/C/C=C/C/C=C/C/C=C/C/C=C/CCCCC(=O)OCC(COCCC(C(=O)[O-])[N+](C)(C)C)OC(=O)CCC/C=C/C/C=C/C/C=C/CCCCCCCC. The van der Waals surface area contributed by atoms with E-state index in [1.165, 1.54) is 38.5 Å². The minimum atomic E-state index is -1.14. The molecule has 0 fully saturated rings. The number of esters is 2. The zero-order chi connectivity index (χ0) is 45.6. The van der Waals surface area contributed by atoms with E-state index < -0.39 is 18.1 Å². The molecule has 0 radical (unpaired) electrons. The summed E-state index contributed by atoms with van der Waals surface area (Å²) in [7, 11) is 5.37. The first-order valence-corrected chi connectivity index (χ1v) is 23.9. The molecule has 2 unspecified atom stereocenters. The van der Waals surface area contributed by atoms with Gasteiger partial charge in [0.1, 0.15) is 12.6 Å². The molecule has 0 N–H and O–H groups in total. The van der Waals surface area contributed by atoms with Gasteiger partial charge in [0, 0.05) is 19.3 Å². The average molecular weight is 862 g/mol. The van der Waals surface area contributed by atoms with Gasteiger partial charge in [0.2, 0.25) is 0 Å². The number of quaternary nitrogens is 1. The van der Waals surface area contributed by atoms with Crippen molar-refractivity contribution in [2.75, 3.05) is 41.0 Å². The number of allylic oxidation sites excluding steroid dienone is 18. The van der Waals surface area contributed by atoms with Crippen LogP contribution in [0.3, 0.4) is 0 Å². The number of unbranched alkanes of at least 4 members (excludes halogenated alkanes) is 9. The van der Waals surface area contributed by atoms with Gasteiger partial charge in [0.05, 0.1) is 40.3 Å². The van der Waals surface area contributed by atoms with E-state index in [4.69, 9.17) is 14.2 Å². The number of nitrogens with zero attached hydrogens (tertiary/aromatic N) is 1. The number of carbonyl (C=O) groups excluding carboxylic acids is 3. The van der Waals surface area contributed by atoms with Crippen molar-refractivity contribution in [3.8, 4) is 0 Å². The number of rotatable bonds is 41. The van der Waals surface area contributed by atoms with Crippen molar-refractivity contribution in [1.29, 1.82) is 0 Å². The molecule has 0 aromatic carbocycles. The third-order valence-electron chi connectivity index (χ3n) is 9.89. The van der Waals surface area contributed by atoms with Crippen molar-refractivity contribution in [3.05, 3.63) is 109 Å². The predicted molar refractivity (Wildman–Crippen MR) is 258 cm³/mol. The van der Waals surface area contributed by atoms with E-state index in [0.717, 1.165) is 77.0 Å². The van der Waals surface area contributed by atoms with Gasteiger partial charge in [0.15, 0.2) is 6.10 Å². The highest BCUT2D eigenvalue weighted by molar-refractivity contribution is 5.70. The fourth-order valence-electron chi connectivity index (χ4n) is 6.21. The highest BCUT2D eigenvalue weighted by Gasteiger charge is 2.25. The summed E-state index contributed by atoms with van der Waals surface area (Å²) in [6.45, 7) is 4.42. The maximum atomic E-state index is 12.7. The summed E-state index contributed by atoms with van der Waals surface area (Å²) in [5.74, 6) is -1.87. The van der Waals surface area contributed by atoms with Gasteiger partial charge in [-0.25, -0.2) is 0 Å². The van der Waals surface area contributed by atoms with E-state index in [9.17, 15) is 19.5 Å². The first-order chi connectivity index (χ1) is 30.1. The number of carbonyl (C=O) groups is 3. The highest BCUT2D eigenvalue weighted by Crippen LogP contribution is 2.11. The van der Waals surface area contributed by atoms with E-state index in [0.29, 0.717) is 12.8 Å². The molecule has 0 saturated heterocycles. The minimum Gasteiger partial charge on any atom is -0.544 e. The summed E-state index contributed by atoms with van der Waals surface area (Å²) in [5.41, 5.74) is 0. The number of carboxylic acid groups (broad SMARTS) is 1. The van der Waals surface area contributed by atoms with Crippen molar-refractivity contribution >= 4 is 17.9 Å². The second kappa shape index (κ2) is 43.6. The Morgan fingerprint density at radius 3 is 1.39 bits per heavy atom. The molecule has 0 amide bonds. The quantitative estimate of drug-likeness (QED) is 0.0261. The molecule has 350 valence electrons. The van der Waals surface area contributed by atoms with Gasteiger partial charge in [-0.05, 0) is 96.3 Å². The van der Waals surface area contributed by atoms with Crippen LogP contribution in [0.15, 0.2) is 109 Å².